The number of ether oxygens (including phenoxy) is 1. The molecule has 0 saturated carbocycles. The van der Waals surface area contributed by atoms with Gasteiger partial charge < -0.3 is 4.74 Å². The molecule has 1 aromatic rings. The molecule has 0 saturated heterocycles. The number of hydrogen-bond donors (Lipinski definition) is 0. The number of carbonyl (C=O) groups excluding carboxylic acids is 1. The maximum Gasteiger partial charge on any atom is 0.245 e. The van der Waals surface area contributed by atoms with Crippen LogP contribution in [-0.2, 0) is 4.79 Å². The van der Waals surface area contributed by atoms with Crippen LogP contribution in [0.3, 0.4) is 0 Å². The predicted molar refractivity (Wildman–Crippen MR) is 57.6 cm³/mol. The average molecular weight is 211 g/mol. The molecular formula is C11H11ClO2. The van der Waals surface area contributed by atoms with Crippen LogP contribution < -0.4 is 4.74 Å². The minimum atomic E-state index is -0.479. The summed E-state index contributed by atoms with van der Waals surface area (Å²) < 4.78 is 5.06. The highest BCUT2D eigenvalue weighted by Gasteiger charge is 1.97. The lowest BCUT2D eigenvalue weighted by atomic mass is 10.1. The SMILES string of the molecule is COc1ccc(C)c(/C=C/C(=O)Cl)c1. The van der Waals surface area contributed by atoms with Crippen molar-refractivity contribution in [2.45, 2.75) is 6.92 Å². The Hall–Kier alpha value is -1.28. The molecule has 3 heteroatoms. The molecular weight excluding hydrogens is 200 g/mol. The smallest absolute Gasteiger partial charge is 0.245 e. The first kappa shape index (κ1) is 10.8. The van der Waals surface area contributed by atoms with Gasteiger partial charge in [0.05, 0.1) is 7.11 Å². The summed E-state index contributed by atoms with van der Waals surface area (Å²) in [6.07, 6.45) is 3.00. The molecule has 0 aliphatic heterocycles. The third-order valence-electron chi connectivity index (χ3n) is 1.88. The number of halogens is 1. The first-order valence-corrected chi connectivity index (χ1v) is 4.53. The second-order valence-corrected chi connectivity index (χ2v) is 3.23. The van der Waals surface area contributed by atoms with Gasteiger partial charge in [0, 0.05) is 0 Å². The molecule has 0 spiro atoms. The molecule has 0 fully saturated rings. The van der Waals surface area contributed by atoms with Crippen LogP contribution in [0.15, 0.2) is 24.3 Å². The van der Waals surface area contributed by atoms with Gasteiger partial charge in [-0.3, -0.25) is 4.79 Å². The minimum absolute atomic E-state index is 0.479. The van der Waals surface area contributed by atoms with Crippen molar-refractivity contribution in [3.63, 3.8) is 0 Å². The average Bonchev–Trinajstić information content (AvgIpc) is 2.16. The van der Waals surface area contributed by atoms with E-state index in [1.807, 2.05) is 25.1 Å². The largest absolute Gasteiger partial charge is 0.497 e. The van der Waals surface area contributed by atoms with E-state index in [1.54, 1.807) is 13.2 Å². The molecule has 0 aromatic heterocycles. The number of allylic oxidation sites excluding steroid dienone is 1. The Bertz CT molecular complexity index is 370. The summed E-state index contributed by atoms with van der Waals surface area (Å²) in [6.45, 7) is 1.96. The Morgan fingerprint density at radius 1 is 1.50 bits per heavy atom. The fraction of sp³-hybridized carbons (Fsp3) is 0.182. The fourth-order valence-corrected chi connectivity index (χ4v) is 1.14. The van der Waals surface area contributed by atoms with E-state index in [4.69, 9.17) is 16.3 Å². The van der Waals surface area contributed by atoms with E-state index >= 15 is 0 Å². The number of benzene rings is 1. The van der Waals surface area contributed by atoms with E-state index in [0.29, 0.717) is 0 Å². The van der Waals surface area contributed by atoms with Crippen LogP contribution in [0, 0.1) is 6.92 Å². The highest BCUT2D eigenvalue weighted by molar-refractivity contribution is 6.66. The van der Waals surface area contributed by atoms with Gasteiger partial charge >= 0.3 is 0 Å². The van der Waals surface area contributed by atoms with Crippen molar-refractivity contribution in [1.29, 1.82) is 0 Å². The number of hydrogen-bond acceptors (Lipinski definition) is 2. The number of methoxy groups -OCH3 is 1. The van der Waals surface area contributed by atoms with Gasteiger partial charge in [-0.25, -0.2) is 0 Å². The third kappa shape index (κ3) is 2.89. The molecule has 0 aliphatic carbocycles. The Kier molecular flexibility index (Phi) is 3.72. The Balaban J connectivity index is 3.00. The van der Waals surface area contributed by atoms with Crippen molar-refractivity contribution in [1.82, 2.24) is 0 Å². The zero-order valence-electron chi connectivity index (χ0n) is 8.08. The lowest BCUT2D eigenvalue weighted by molar-refractivity contribution is -0.107. The van der Waals surface area contributed by atoms with Gasteiger partial charge in [0.25, 0.3) is 0 Å². The molecule has 0 unspecified atom stereocenters. The first-order chi connectivity index (χ1) is 6.63. The summed E-state index contributed by atoms with van der Waals surface area (Å²) in [6, 6.07) is 5.65. The molecule has 0 amide bonds. The summed E-state index contributed by atoms with van der Waals surface area (Å²) in [5.41, 5.74) is 2.00. The van der Waals surface area contributed by atoms with Crippen molar-refractivity contribution >= 4 is 22.9 Å². The number of aryl methyl sites for hydroxylation is 1. The van der Waals surface area contributed by atoms with Crippen LogP contribution in [-0.4, -0.2) is 12.4 Å². The monoisotopic (exact) mass is 210 g/mol. The van der Waals surface area contributed by atoms with Crippen LogP contribution in [0.5, 0.6) is 5.75 Å². The molecule has 0 bridgehead atoms. The molecule has 0 radical (unpaired) electrons. The fourth-order valence-electron chi connectivity index (χ4n) is 1.08. The zero-order valence-corrected chi connectivity index (χ0v) is 8.84. The van der Waals surface area contributed by atoms with Gasteiger partial charge in [0.2, 0.25) is 5.24 Å². The molecule has 0 atom stereocenters. The van der Waals surface area contributed by atoms with E-state index in [2.05, 4.69) is 0 Å². The van der Waals surface area contributed by atoms with Crippen LogP contribution in [0.4, 0.5) is 0 Å². The van der Waals surface area contributed by atoms with Gasteiger partial charge in [-0.1, -0.05) is 6.07 Å². The van der Waals surface area contributed by atoms with Crippen molar-refractivity contribution in [2.75, 3.05) is 7.11 Å². The standard InChI is InChI=1S/C11H11ClO2/c1-8-3-5-10(14-2)7-9(8)4-6-11(12)13/h3-7H,1-2H3/b6-4+. The number of carbonyl (C=O) groups is 1. The Morgan fingerprint density at radius 2 is 2.21 bits per heavy atom. The Labute approximate surface area is 88.1 Å². The maximum absolute atomic E-state index is 10.5. The first-order valence-electron chi connectivity index (χ1n) is 4.15. The highest BCUT2D eigenvalue weighted by atomic mass is 35.5. The molecule has 0 N–H and O–H groups in total. The second-order valence-electron chi connectivity index (χ2n) is 2.86. The topological polar surface area (TPSA) is 26.3 Å². The molecule has 1 rings (SSSR count). The van der Waals surface area contributed by atoms with Gasteiger partial charge in [0.15, 0.2) is 0 Å². The lowest BCUT2D eigenvalue weighted by Gasteiger charge is -2.03. The van der Waals surface area contributed by atoms with E-state index in [0.717, 1.165) is 16.9 Å². The quantitative estimate of drug-likeness (QED) is 0.567. The van der Waals surface area contributed by atoms with Gasteiger partial charge in [-0.15, -0.1) is 0 Å². The summed E-state index contributed by atoms with van der Waals surface area (Å²) in [5, 5.41) is -0.479. The van der Waals surface area contributed by atoms with Crippen molar-refractivity contribution in [2.24, 2.45) is 0 Å². The van der Waals surface area contributed by atoms with Crippen molar-refractivity contribution < 1.29 is 9.53 Å². The molecule has 74 valence electrons. The zero-order chi connectivity index (χ0) is 10.6. The minimum Gasteiger partial charge on any atom is -0.497 e. The summed E-state index contributed by atoms with van der Waals surface area (Å²) in [5.74, 6) is 0.761. The van der Waals surface area contributed by atoms with Gasteiger partial charge in [-0.05, 0) is 53.9 Å². The molecule has 2 nitrogen and oxygen atoms in total. The summed E-state index contributed by atoms with van der Waals surface area (Å²) in [4.78, 5) is 10.5. The molecule has 0 heterocycles. The summed E-state index contributed by atoms with van der Waals surface area (Å²) in [7, 11) is 1.60. The summed E-state index contributed by atoms with van der Waals surface area (Å²) >= 11 is 5.20. The van der Waals surface area contributed by atoms with Gasteiger partial charge in [0.1, 0.15) is 5.75 Å². The maximum atomic E-state index is 10.5. The molecule has 14 heavy (non-hydrogen) atoms. The van der Waals surface area contributed by atoms with Crippen molar-refractivity contribution in [3.05, 3.63) is 35.4 Å². The predicted octanol–water partition coefficient (Wildman–Crippen LogP) is 2.78. The van der Waals surface area contributed by atoms with E-state index in [-0.39, 0.29) is 0 Å². The van der Waals surface area contributed by atoms with E-state index in [1.165, 1.54) is 6.08 Å². The van der Waals surface area contributed by atoms with E-state index in [9.17, 15) is 4.79 Å². The van der Waals surface area contributed by atoms with Crippen LogP contribution in [0.25, 0.3) is 6.08 Å². The third-order valence-corrected chi connectivity index (χ3v) is 2.01. The van der Waals surface area contributed by atoms with Gasteiger partial charge in [-0.2, -0.15) is 0 Å². The van der Waals surface area contributed by atoms with Crippen molar-refractivity contribution in [3.8, 4) is 5.75 Å². The lowest BCUT2D eigenvalue weighted by Crippen LogP contribution is -1.86. The van der Waals surface area contributed by atoms with Crippen LogP contribution >= 0.6 is 11.6 Å². The van der Waals surface area contributed by atoms with Crippen LogP contribution in [0.2, 0.25) is 0 Å². The number of rotatable bonds is 3. The normalized spacial score (nSPS) is 10.5. The molecule has 0 aliphatic rings. The second kappa shape index (κ2) is 4.82. The highest BCUT2D eigenvalue weighted by Crippen LogP contribution is 2.18. The van der Waals surface area contributed by atoms with E-state index < -0.39 is 5.24 Å². The molecule has 1 aromatic carbocycles. The Morgan fingerprint density at radius 3 is 2.79 bits per heavy atom. The van der Waals surface area contributed by atoms with Crippen LogP contribution in [0.1, 0.15) is 11.1 Å².